The molecule has 0 radical (unpaired) electrons. The Morgan fingerprint density at radius 3 is 2.70 bits per heavy atom. The van der Waals surface area contributed by atoms with E-state index in [-0.39, 0.29) is 11.0 Å². The van der Waals surface area contributed by atoms with Gasteiger partial charge >= 0.3 is 0 Å². The topological polar surface area (TPSA) is 67.2 Å². The summed E-state index contributed by atoms with van der Waals surface area (Å²) in [6.07, 6.45) is 2.67. The molecule has 0 unspecified atom stereocenters. The maximum absolute atomic E-state index is 12.2. The fourth-order valence-electron chi connectivity index (χ4n) is 3.82. The summed E-state index contributed by atoms with van der Waals surface area (Å²) in [5, 5.41) is 4.60. The maximum atomic E-state index is 12.2. The van der Waals surface area contributed by atoms with Crippen molar-refractivity contribution >= 4 is 5.82 Å². The molecule has 2 aromatic rings. The zero-order chi connectivity index (χ0) is 19.2. The minimum absolute atomic E-state index is 0.0255. The number of fused-ring (bicyclic) bond motifs is 1. The number of anilines is 1. The smallest absolute Gasteiger partial charge is 0.266 e. The van der Waals surface area contributed by atoms with Gasteiger partial charge in [0.1, 0.15) is 12.1 Å². The van der Waals surface area contributed by atoms with Crippen LogP contribution in [0.3, 0.4) is 0 Å². The molecule has 0 bridgehead atoms. The molecule has 0 aromatic carbocycles. The standard InChI is InChI=1S/C20H28N6O/c1-20(2,3)17-5-6-18(27)26(23-17)11-14-9-25(10-14)19-15-12-24(4)8-7-16(15)21-13-22-19/h5-6,13-14H,7-12H2,1-4H3. The molecule has 2 aliphatic heterocycles. The van der Waals surface area contributed by atoms with Gasteiger partial charge in [-0.15, -0.1) is 0 Å². The van der Waals surface area contributed by atoms with Crippen molar-refractivity contribution in [3.05, 3.63) is 45.8 Å². The molecule has 4 rings (SSSR count). The molecule has 0 aliphatic carbocycles. The summed E-state index contributed by atoms with van der Waals surface area (Å²) in [6.45, 7) is 10.8. The van der Waals surface area contributed by atoms with Gasteiger partial charge in [-0.1, -0.05) is 20.8 Å². The van der Waals surface area contributed by atoms with Crippen LogP contribution in [0.25, 0.3) is 0 Å². The van der Waals surface area contributed by atoms with Crippen LogP contribution in [0.15, 0.2) is 23.3 Å². The lowest BCUT2D eigenvalue weighted by molar-refractivity contribution is 0.302. The lowest BCUT2D eigenvalue weighted by atomic mass is 9.92. The SMILES string of the molecule is CN1CCc2ncnc(N3CC(Cn4nc(C(C)(C)C)ccc4=O)C3)c2C1. The molecule has 1 fully saturated rings. The van der Waals surface area contributed by atoms with E-state index in [4.69, 9.17) is 0 Å². The number of likely N-dealkylation sites (N-methyl/N-ethyl adjacent to an activating group) is 1. The van der Waals surface area contributed by atoms with Crippen LogP contribution < -0.4 is 10.5 Å². The van der Waals surface area contributed by atoms with Crippen LogP contribution in [0.4, 0.5) is 5.82 Å². The van der Waals surface area contributed by atoms with Gasteiger partial charge in [-0.2, -0.15) is 5.10 Å². The second kappa shape index (κ2) is 6.71. The molecule has 7 heteroatoms. The third-order valence-corrected chi connectivity index (χ3v) is 5.49. The molecule has 0 saturated carbocycles. The van der Waals surface area contributed by atoms with E-state index in [9.17, 15) is 4.79 Å². The van der Waals surface area contributed by atoms with Crippen molar-refractivity contribution < 1.29 is 0 Å². The molecule has 4 heterocycles. The maximum Gasteiger partial charge on any atom is 0.266 e. The fraction of sp³-hybridized carbons (Fsp3) is 0.600. The summed E-state index contributed by atoms with van der Waals surface area (Å²) >= 11 is 0. The summed E-state index contributed by atoms with van der Waals surface area (Å²) in [5.74, 6) is 1.48. The van der Waals surface area contributed by atoms with Gasteiger partial charge in [-0.3, -0.25) is 4.79 Å². The predicted octanol–water partition coefficient (Wildman–Crippen LogP) is 1.46. The van der Waals surface area contributed by atoms with Gasteiger partial charge in [0.2, 0.25) is 0 Å². The first-order chi connectivity index (χ1) is 12.8. The Balaban J connectivity index is 1.46. The summed E-state index contributed by atoms with van der Waals surface area (Å²) in [5.41, 5.74) is 3.30. The lowest BCUT2D eigenvalue weighted by Gasteiger charge is -2.42. The van der Waals surface area contributed by atoms with Crippen molar-refractivity contribution in [3.8, 4) is 0 Å². The largest absolute Gasteiger partial charge is 0.355 e. The first-order valence-electron chi connectivity index (χ1n) is 9.66. The van der Waals surface area contributed by atoms with E-state index >= 15 is 0 Å². The minimum Gasteiger partial charge on any atom is -0.355 e. The van der Waals surface area contributed by atoms with Crippen LogP contribution in [0.5, 0.6) is 0 Å². The molecule has 0 N–H and O–H groups in total. The average Bonchev–Trinajstić information content (AvgIpc) is 2.58. The summed E-state index contributed by atoms with van der Waals surface area (Å²) < 4.78 is 1.63. The van der Waals surface area contributed by atoms with Crippen LogP contribution in [0.1, 0.15) is 37.7 Å². The van der Waals surface area contributed by atoms with Crippen LogP contribution >= 0.6 is 0 Å². The van der Waals surface area contributed by atoms with Crippen molar-refractivity contribution in [3.63, 3.8) is 0 Å². The van der Waals surface area contributed by atoms with Crippen LogP contribution in [0, 0.1) is 5.92 Å². The summed E-state index contributed by atoms with van der Waals surface area (Å²) in [6, 6.07) is 3.48. The number of hydrogen-bond donors (Lipinski definition) is 0. The Morgan fingerprint density at radius 1 is 1.19 bits per heavy atom. The average molecular weight is 368 g/mol. The zero-order valence-electron chi connectivity index (χ0n) is 16.6. The molecule has 144 valence electrons. The summed E-state index contributed by atoms with van der Waals surface area (Å²) in [4.78, 5) is 25.9. The second-order valence-electron chi connectivity index (χ2n) is 8.87. The Bertz CT molecular complexity index is 894. The monoisotopic (exact) mass is 368 g/mol. The predicted molar refractivity (Wildman–Crippen MR) is 105 cm³/mol. The molecule has 7 nitrogen and oxygen atoms in total. The molecule has 0 spiro atoms. The van der Waals surface area contributed by atoms with Crippen molar-refractivity contribution in [2.75, 3.05) is 31.6 Å². The van der Waals surface area contributed by atoms with Crippen LogP contribution in [-0.4, -0.2) is 51.3 Å². The molecule has 27 heavy (non-hydrogen) atoms. The third-order valence-electron chi connectivity index (χ3n) is 5.49. The van der Waals surface area contributed by atoms with E-state index < -0.39 is 0 Å². The molecular formula is C20H28N6O. The highest BCUT2D eigenvalue weighted by atomic mass is 16.1. The van der Waals surface area contributed by atoms with Gasteiger partial charge < -0.3 is 9.80 Å². The highest BCUT2D eigenvalue weighted by Crippen LogP contribution is 2.30. The molecule has 0 atom stereocenters. The van der Waals surface area contributed by atoms with Crippen molar-refractivity contribution in [1.29, 1.82) is 0 Å². The van der Waals surface area contributed by atoms with Crippen LogP contribution in [0.2, 0.25) is 0 Å². The molecular weight excluding hydrogens is 340 g/mol. The van der Waals surface area contributed by atoms with Crippen molar-refractivity contribution in [1.82, 2.24) is 24.6 Å². The quantitative estimate of drug-likeness (QED) is 0.817. The second-order valence-corrected chi connectivity index (χ2v) is 8.87. The van der Waals surface area contributed by atoms with E-state index in [2.05, 4.69) is 52.7 Å². The summed E-state index contributed by atoms with van der Waals surface area (Å²) in [7, 11) is 2.14. The number of nitrogens with zero attached hydrogens (tertiary/aromatic N) is 6. The Morgan fingerprint density at radius 2 is 1.96 bits per heavy atom. The molecule has 1 saturated heterocycles. The van der Waals surface area contributed by atoms with Gasteiger partial charge in [0.15, 0.2) is 0 Å². The van der Waals surface area contributed by atoms with Gasteiger partial charge in [0, 0.05) is 55.6 Å². The van der Waals surface area contributed by atoms with Gasteiger partial charge in [0.25, 0.3) is 5.56 Å². The lowest BCUT2D eigenvalue weighted by Crippen LogP contribution is -2.51. The van der Waals surface area contributed by atoms with E-state index in [0.717, 1.165) is 44.1 Å². The first-order valence-corrected chi connectivity index (χ1v) is 9.66. The number of hydrogen-bond acceptors (Lipinski definition) is 6. The molecule has 0 amide bonds. The van der Waals surface area contributed by atoms with E-state index in [1.54, 1.807) is 17.1 Å². The van der Waals surface area contributed by atoms with Gasteiger partial charge in [0.05, 0.1) is 17.9 Å². The highest BCUT2D eigenvalue weighted by molar-refractivity contribution is 5.51. The van der Waals surface area contributed by atoms with E-state index in [0.29, 0.717) is 12.5 Å². The Kier molecular flexibility index (Phi) is 4.50. The van der Waals surface area contributed by atoms with E-state index in [1.807, 2.05) is 6.07 Å². The molecule has 2 aromatic heterocycles. The normalized spacial score (nSPS) is 18.3. The van der Waals surface area contributed by atoms with Crippen molar-refractivity contribution in [2.24, 2.45) is 5.92 Å². The molecule has 2 aliphatic rings. The Hall–Kier alpha value is -2.28. The number of aromatic nitrogens is 4. The number of rotatable bonds is 3. The van der Waals surface area contributed by atoms with E-state index in [1.165, 1.54) is 11.3 Å². The highest BCUT2D eigenvalue weighted by Gasteiger charge is 2.32. The van der Waals surface area contributed by atoms with Gasteiger partial charge in [-0.25, -0.2) is 14.6 Å². The van der Waals surface area contributed by atoms with Crippen molar-refractivity contribution in [2.45, 2.75) is 45.7 Å². The third kappa shape index (κ3) is 3.60. The Labute approximate surface area is 160 Å². The first kappa shape index (κ1) is 18.1. The zero-order valence-corrected chi connectivity index (χ0v) is 16.6. The minimum atomic E-state index is -0.0624. The van der Waals surface area contributed by atoms with Gasteiger partial charge in [-0.05, 0) is 13.1 Å². The van der Waals surface area contributed by atoms with Crippen LogP contribution in [-0.2, 0) is 24.9 Å². The fourth-order valence-corrected chi connectivity index (χ4v) is 3.82.